The molecule has 1 heterocycles. The zero-order chi connectivity index (χ0) is 22.5. The molecular formula is C24H27FN2O4. The molecule has 0 bridgehead atoms. The largest absolute Gasteiger partial charge is 0.444 e. The van der Waals surface area contributed by atoms with Crippen LogP contribution in [0.4, 0.5) is 14.9 Å². The van der Waals surface area contributed by atoms with E-state index >= 15 is 0 Å². The summed E-state index contributed by atoms with van der Waals surface area (Å²) < 4.78 is 20.1. The predicted octanol–water partition coefficient (Wildman–Crippen LogP) is 4.21. The minimum Gasteiger partial charge on any atom is -0.444 e. The van der Waals surface area contributed by atoms with Crippen LogP contribution >= 0.6 is 0 Å². The lowest BCUT2D eigenvalue weighted by molar-refractivity contribution is -0.118. The molecule has 1 aliphatic heterocycles. The highest BCUT2D eigenvalue weighted by Crippen LogP contribution is 2.31. The number of nitrogens with two attached hydrogens (primary N) is 1. The normalized spacial score (nSPS) is 16.8. The van der Waals surface area contributed by atoms with E-state index in [1.54, 1.807) is 12.1 Å². The molecule has 7 heteroatoms. The second-order valence-electron chi connectivity index (χ2n) is 7.99. The van der Waals surface area contributed by atoms with Crippen molar-refractivity contribution in [2.24, 2.45) is 5.73 Å². The van der Waals surface area contributed by atoms with Gasteiger partial charge in [0.15, 0.2) is 0 Å². The van der Waals surface area contributed by atoms with Crippen molar-refractivity contribution >= 4 is 23.3 Å². The van der Waals surface area contributed by atoms with Gasteiger partial charge in [-0.15, -0.1) is 0 Å². The number of benzene rings is 2. The van der Waals surface area contributed by atoms with Crippen LogP contribution in [0.5, 0.6) is 0 Å². The van der Waals surface area contributed by atoms with Crippen molar-refractivity contribution < 1.29 is 23.5 Å². The van der Waals surface area contributed by atoms with Gasteiger partial charge in [0.25, 0.3) is 0 Å². The molecule has 1 unspecified atom stereocenters. The second kappa shape index (κ2) is 9.83. The smallest absolute Gasteiger partial charge is 0.414 e. The van der Waals surface area contributed by atoms with Gasteiger partial charge >= 0.3 is 6.09 Å². The molecule has 1 aliphatic rings. The molecule has 6 nitrogen and oxygen atoms in total. The number of carbonyl (C=O) groups is 3. The highest BCUT2D eigenvalue weighted by molar-refractivity contribution is 5.90. The fraction of sp³-hybridized carbons (Fsp3) is 0.375. The summed E-state index contributed by atoms with van der Waals surface area (Å²) >= 11 is 0. The number of carbonyl (C=O) groups excluding carboxylic acids is 3. The lowest BCUT2D eigenvalue weighted by Crippen LogP contribution is -2.24. The maximum absolute atomic E-state index is 14.9. The Morgan fingerprint density at radius 2 is 1.94 bits per heavy atom. The van der Waals surface area contributed by atoms with Gasteiger partial charge in [-0.2, -0.15) is 0 Å². The van der Waals surface area contributed by atoms with Gasteiger partial charge in [0, 0.05) is 18.4 Å². The van der Waals surface area contributed by atoms with Crippen LogP contribution in [-0.4, -0.2) is 36.9 Å². The summed E-state index contributed by atoms with van der Waals surface area (Å²) in [4.78, 5) is 36.2. The fourth-order valence-corrected chi connectivity index (χ4v) is 3.69. The number of Topliss-reactive ketones (excluding diaryl/α,β-unsaturated/α-hetero) is 2. The first-order valence-corrected chi connectivity index (χ1v) is 10.4. The Morgan fingerprint density at radius 1 is 1.23 bits per heavy atom. The highest BCUT2D eigenvalue weighted by atomic mass is 19.1. The van der Waals surface area contributed by atoms with Crippen molar-refractivity contribution in [3.63, 3.8) is 0 Å². The summed E-state index contributed by atoms with van der Waals surface area (Å²) in [6, 6.07) is 12.0. The Bertz CT molecular complexity index is 974. The minimum absolute atomic E-state index is 0.00202. The average Bonchev–Trinajstić information content (AvgIpc) is 3.12. The molecule has 3 rings (SSSR count). The fourth-order valence-electron chi connectivity index (χ4n) is 3.69. The molecule has 1 saturated heterocycles. The Kier molecular flexibility index (Phi) is 7.17. The lowest BCUT2D eigenvalue weighted by atomic mass is 9.93. The predicted molar refractivity (Wildman–Crippen MR) is 116 cm³/mol. The van der Waals surface area contributed by atoms with E-state index in [1.807, 2.05) is 31.2 Å². The summed E-state index contributed by atoms with van der Waals surface area (Å²) in [6.45, 7) is 3.77. The third kappa shape index (κ3) is 5.55. The number of rotatable bonds is 9. The molecule has 2 aromatic carbocycles. The summed E-state index contributed by atoms with van der Waals surface area (Å²) in [5.41, 5.74) is 7.90. The monoisotopic (exact) mass is 426 g/mol. The topological polar surface area (TPSA) is 89.7 Å². The maximum Gasteiger partial charge on any atom is 0.414 e. The van der Waals surface area contributed by atoms with Crippen molar-refractivity contribution in [1.82, 2.24) is 0 Å². The lowest BCUT2D eigenvalue weighted by Gasteiger charge is -2.15. The van der Waals surface area contributed by atoms with Crippen LogP contribution in [0, 0.1) is 5.82 Å². The van der Waals surface area contributed by atoms with E-state index < -0.39 is 11.9 Å². The maximum atomic E-state index is 14.9. The van der Waals surface area contributed by atoms with Crippen LogP contribution in [0.2, 0.25) is 0 Å². The van der Waals surface area contributed by atoms with Crippen molar-refractivity contribution in [3.8, 4) is 11.1 Å². The van der Waals surface area contributed by atoms with Crippen LogP contribution in [-0.2, 0) is 14.3 Å². The number of anilines is 1. The van der Waals surface area contributed by atoms with Gasteiger partial charge in [0.05, 0.1) is 18.8 Å². The number of nitrogens with zero attached hydrogens (tertiary/aromatic N) is 1. The molecule has 2 N–H and O–H groups in total. The van der Waals surface area contributed by atoms with Crippen molar-refractivity contribution in [1.29, 1.82) is 0 Å². The average molecular weight is 426 g/mol. The summed E-state index contributed by atoms with van der Waals surface area (Å²) in [7, 11) is 0. The summed E-state index contributed by atoms with van der Waals surface area (Å²) in [6.07, 6.45) is 0.262. The second-order valence-corrected chi connectivity index (χ2v) is 7.99. The standard InChI is InChI=1S/C24H27FN2O4/c1-15(11-20(29)13-26)17-4-6-18(7-5-17)22-10-8-19(12-23(22)25)27-14-21(31-24(27)30)9-3-16(2)28/h4-8,10,12,15,21H,3,9,11,13-14,26H2,1-2H3/t15?,21-/m0/s1. The molecular weight excluding hydrogens is 399 g/mol. The van der Waals surface area contributed by atoms with Gasteiger partial charge in [-0.3, -0.25) is 9.69 Å². The van der Waals surface area contributed by atoms with E-state index in [4.69, 9.17) is 10.5 Å². The van der Waals surface area contributed by atoms with Crippen LogP contribution in [0.15, 0.2) is 42.5 Å². The number of ketones is 2. The van der Waals surface area contributed by atoms with Crippen molar-refractivity contribution in [2.45, 2.75) is 45.1 Å². The number of halogens is 1. The minimum atomic E-state index is -0.536. The van der Waals surface area contributed by atoms with Crippen LogP contribution in [0.25, 0.3) is 11.1 Å². The molecule has 0 saturated carbocycles. The van der Waals surface area contributed by atoms with E-state index in [0.717, 1.165) is 5.56 Å². The molecule has 0 aliphatic carbocycles. The number of cyclic esters (lactones) is 1. The van der Waals surface area contributed by atoms with E-state index in [-0.39, 0.29) is 30.1 Å². The van der Waals surface area contributed by atoms with Crippen molar-refractivity contribution in [2.75, 3.05) is 18.0 Å². The molecule has 0 spiro atoms. The third-order valence-electron chi connectivity index (χ3n) is 5.51. The van der Waals surface area contributed by atoms with E-state index in [1.165, 1.54) is 17.9 Å². The first-order chi connectivity index (χ1) is 14.8. The number of amides is 1. The van der Waals surface area contributed by atoms with E-state index in [2.05, 4.69) is 0 Å². The summed E-state index contributed by atoms with van der Waals surface area (Å²) in [5.74, 6) is -0.371. The Hall–Kier alpha value is -3.06. The highest BCUT2D eigenvalue weighted by Gasteiger charge is 2.32. The van der Waals surface area contributed by atoms with Crippen molar-refractivity contribution in [3.05, 3.63) is 53.8 Å². The Labute approximate surface area is 181 Å². The molecule has 1 amide bonds. The first-order valence-electron chi connectivity index (χ1n) is 10.4. The molecule has 0 radical (unpaired) electrons. The first kappa shape index (κ1) is 22.6. The SMILES string of the molecule is CC(=O)CC[C@H]1CN(c2ccc(-c3ccc(C(C)CC(=O)CN)cc3)c(F)c2)C(=O)O1. The van der Waals surface area contributed by atoms with Gasteiger partial charge in [-0.05, 0) is 48.6 Å². The molecule has 31 heavy (non-hydrogen) atoms. The summed E-state index contributed by atoms with van der Waals surface area (Å²) in [5, 5.41) is 0. The van der Waals surface area contributed by atoms with Gasteiger partial charge in [0.2, 0.25) is 0 Å². The Balaban J connectivity index is 1.71. The van der Waals surface area contributed by atoms with Gasteiger partial charge < -0.3 is 15.3 Å². The number of hydrogen-bond donors (Lipinski definition) is 1. The van der Waals surface area contributed by atoms with Crippen LogP contribution in [0.3, 0.4) is 0 Å². The third-order valence-corrected chi connectivity index (χ3v) is 5.51. The Morgan fingerprint density at radius 3 is 2.55 bits per heavy atom. The quantitative estimate of drug-likeness (QED) is 0.649. The van der Waals surface area contributed by atoms with Gasteiger partial charge in [-0.25, -0.2) is 9.18 Å². The molecule has 0 aromatic heterocycles. The van der Waals surface area contributed by atoms with E-state index in [9.17, 15) is 18.8 Å². The molecule has 1 fully saturated rings. The van der Waals surface area contributed by atoms with E-state index in [0.29, 0.717) is 42.6 Å². The van der Waals surface area contributed by atoms with Gasteiger partial charge in [-0.1, -0.05) is 31.2 Å². The van der Waals surface area contributed by atoms with Crippen LogP contribution in [0.1, 0.15) is 44.6 Å². The van der Waals surface area contributed by atoms with Crippen LogP contribution < -0.4 is 10.6 Å². The number of hydrogen-bond acceptors (Lipinski definition) is 5. The van der Waals surface area contributed by atoms with Gasteiger partial charge in [0.1, 0.15) is 23.5 Å². The zero-order valence-electron chi connectivity index (χ0n) is 17.8. The molecule has 164 valence electrons. The molecule has 2 aromatic rings. The molecule has 2 atom stereocenters. The zero-order valence-corrected chi connectivity index (χ0v) is 17.8. The number of ether oxygens (including phenoxy) is 1.